The predicted octanol–water partition coefficient (Wildman–Crippen LogP) is 13.4. The molecule has 1 spiro atoms. The van der Waals surface area contributed by atoms with Crippen molar-refractivity contribution in [2.24, 2.45) is 0 Å². The number of ether oxygens (including phenoxy) is 1. The Kier molecular flexibility index (Phi) is 6.81. The molecule has 0 radical (unpaired) electrons. The first-order valence-electron chi connectivity index (χ1n) is 19.4. The van der Waals surface area contributed by atoms with E-state index in [9.17, 15) is 0 Å². The van der Waals surface area contributed by atoms with E-state index in [1.807, 2.05) is 42.5 Å². The van der Waals surface area contributed by atoms with E-state index < -0.39 is 5.41 Å². The van der Waals surface area contributed by atoms with Gasteiger partial charge in [0.2, 0.25) is 0 Å². The topological polar surface area (TPSA) is 38.2 Å². The molecule has 8 aromatic carbocycles. The Morgan fingerprint density at radius 1 is 0.386 bits per heavy atom. The van der Waals surface area contributed by atoms with Crippen molar-refractivity contribution in [2.75, 3.05) is 4.90 Å². The molecular weight excluding hydrogens is 695 g/mol. The molecule has 57 heavy (non-hydrogen) atoms. The van der Waals surface area contributed by atoms with Crippen molar-refractivity contribution in [3.05, 3.63) is 222 Å². The Morgan fingerprint density at radius 3 is 1.56 bits per heavy atom. The minimum atomic E-state index is -0.431. The molecule has 12 rings (SSSR count). The maximum atomic E-state index is 6.29. The smallest absolute Gasteiger partial charge is 0.160 e. The first-order valence-corrected chi connectivity index (χ1v) is 19.4. The minimum absolute atomic E-state index is 0.431. The standard InChI is InChI=1S/C53H33N3O/c1-2-15-35(16-3-1)52-54-45(34-29-31-36(32-30-34)56-47-25-10-12-27-49(47)57-50-28-13-11-26-48(50)56)33-46(55-52)40-20-14-24-44-51(40)39-19-6-9-23-43(39)53(44)41-21-7-4-17-37(41)38-18-5-8-22-42(38)53/h1-33H. The fraction of sp³-hybridized carbons (Fsp3) is 0.0189. The number of para-hydroxylation sites is 4. The van der Waals surface area contributed by atoms with Gasteiger partial charge < -0.3 is 9.64 Å². The van der Waals surface area contributed by atoms with Gasteiger partial charge in [0.05, 0.1) is 28.2 Å². The average Bonchev–Trinajstić information content (AvgIpc) is 3.76. The zero-order valence-corrected chi connectivity index (χ0v) is 30.8. The molecular formula is C53H33N3O. The van der Waals surface area contributed by atoms with Gasteiger partial charge in [0.25, 0.3) is 0 Å². The van der Waals surface area contributed by atoms with Gasteiger partial charge in [-0.15, -0.1) is 0 Å². The second-order valence-corrected chi connectivity index (χ2v) is 14.9. The molecule has 9 aromatic rings. The molecule has 266 valence electrons. The fourth-order valence-corrected chi connectivity index (χ4v) is 9.57. The van der Waals surface area contributed by atoms with Crippen molar-refractivity contribution < 1.29 is 4.74 Å². The van der Waals surface area contributed by atoms with Crippen LogP contribution in [0.3, 0.4) is 0 Å². The summed E-state index contributed by atoms with van der Waals surface area (Å²) in [5.41, 5.74) is 17.8. The third kappa shape index (κ3) is 4.56. The highest BCUT2D eigenvalue weighted by Crippen LogP contribution is 2.64. The van der Waals surface area contributed by atoms with E-state index in [2.05, 4.69) is 163 Å². The van der Waals surface area contributed by atoms with Crippen LogP contribution in [-0.4, -0.2) is 9.97 Å². The van der Waals surface area contributed by atoms with E-state index in [-0.39, 0.29) is 0 Å². The Hall–Kier alpha value is -7.56. The highest BCUT2D eigenvalue weighted by Gasteiger charge is 2.52. The van der Waals surface area contributed by atoms with Crippen LogP contribution in [0.5, 0.6) is 11.5 Å². The highest BCUT2D eigenvalue weighted by molar-refractivity contribution is 6.00. The summed E-state index contributed by atoms with van der Waals surface area (Å²) in [5.74, 6) is 2.35. The van der Waals surface area contributed by atoms with Gasteiger partial charge in [-0.2, -0.15) is 0 Å². The van der Waals surface area contributed by atoms with Gasteiger partial charge in [0.1, 0.15) is 0 Å². The molecule has 1 aromatic heterocycles. The number of hydrogen-bond donors (Lipinski definition) is 0. The summed E-state index contributed by atoms with van der Waals surface area (Å²) in [6.07, 6.45) is 0. The molecule has 0 unspecified atom stereocenters. The third-order valence-electron chi connectivity index (χ3n) is 11.9. The van der Waals surface area contributed by atoms with Crippen molar-refractivity contribution in [1.29, 1.82) is 0 Å². The highest BCUT2D eigenvalue weighted by atomic mass is 16.5. The number of rotatable bonds is 4. The summed E-state index contributed by atoms with van der Waals surface area (Å²) in [6.45, 7) is 0. The van der Waals surface area contributed by atoms with Crippen molar-refractivity contribution >= 4 is 17.1 Å². The predicted molar refractivity (Wildman–Crippen MR) is 229 cm³/mol. The van der Waals surface area contributed by atoms with E-state index in [4.69, 9.17) is 14.7 Å². The van der Waals surface area contributed by atoms with Crippen LogP contribution in [0.4, 0.5) is 17.1 Å². The lowest BCUT2D eigenvalue weighted by Gasteiger charge is -2.32. The Labute approximate surface area is 331 Å². The largest absolute Gasteiger partial charge is 0.453 e. The molecule has 3 aliphatic rings. The molecule has 0 atom stereocenters. The summed E-state index contributed by atoms with van der Waals surface area (Å²) < 4.78 is 6.29. The van der Waals surface area contributed by atoms with Crippen molar-refractivity contribution in [3.63, 3.8) is 0 Å². The molecule has 0 saturated carbocycles. The fourth-order valence-electron chi connectivity index (χ4n) is 9.57. The molecule has 0 saturated heterocycles. The van der Waals surface area contributed by atoms with Crippen LogP contribution in [0.2, 0.25) is 0 Å². The van der Waals surface area contributed by atoms with Gasteiger partial charge in [-0.25, -0.2) is 9.97 Å². The summed E-state index contributed by atoms with van der Waals surface area (Å²) in [7, 11) is 0. The van der Waals surface area contributed by atoms with E-state index in [0.717, 1.165) is 56.6 Å². The summed E-state index contributed by atoms with van der Waals surface area (Å²) >= 11 is 0. The zero-order chi connectivity index (χ0) is 37.5. The maximum Gasteiger partial charge on any atom is 0.160 e. The van der Waals surface area contributed by atoms with E-state index in [0.29, 0.717) is 5.82 Å². The van der Waals surface area contributed by atoms with Crippen molar-refractivity contribution in [2.45, 2.75) is 5.41 Å². The Morgan fingerprint density at radius 2 is 0.895 bits per heavy atom. The van der Waals surface area contributed by atoms with Gasteiger partial charge in [-0.1, -0.05) is 158 Å². The number of fused-ring (bicyclic) bond motifs is 12. The molecule has 2 heterocycles. The van der Waals surface area contributed by atoms with Crippen LogP contribution in [0.1, 0.15) is 22.3 Å². The van der Waals surface area contributed by atoms with Crippen LogP contribution in [-0.2, 0) is 5.41 Å². The van der Waals surface area contributed by atoms with Crippen LogP contribution < -0.4 is 9.64 Å². The van der Waals surface area contributed by atoms with Gasteiger partial charge in [0.15, 0.2) is 17.3 Å². The van der Waals surface area contributed by atoms with Crippen LogP contribution >= 0.6 is 0 Å². The zero-order valence-electron chi connectivity index (χ0n) is 30.8. The second kappa shape index (κ2) is 12.2. The summed E-state index contributed by atoms with van der Waals surface area (Å²) in [4.78, 5) is 12.9. The quantitative estimate of drug-likeness (QED) is 0.181. The molecule has 1 aliphatic heterocycles. The van der Waals surface area contributed by atoms with Crippen LogP contribution in [0, 0.1) is 0 Å². The number of anilines is 3. The van der Waals surface area contributed by atoms with Gasteiger partial charge >= 0.3 is 0 Å². The first kappa shape index (κ1) is 31.8. The molecule has 4 nitrogen and oxygen atoms in total. The van der Waals surface area contributed by atoms with Crippen LogP contribution in [0.15, 0.2) is 200 Å². The number of hydrogen-bond acceptors (Lipinski definition) is 4. The van der Waals surface area contributed by atoms with E-state index in [1.54, 1.807) is 0 Å². The Bertz CT molecular complexity index is 2970. The molecule has 0 amide bonds. The molecule has 0 bridgehead atoms. The van der Waals surface area contributed by atoms with Crippen molar-refractivity contribution in [1.82, 2.24) is 9.97 Å². The van der Waals surface area contributed by atoms with Crippen molar-refractivity contribution in [3.8, 4) is 67.7 Å². The lowest BCUT2D eigenvalue weighted by atomic mass is 9.70. The molecule has 4 heteroatoms. The minimum Gasteiger partial charge on any atom is -0.453 e. The molecule has 0 fully saturated rings. The lowest BCUT2D eigenvalue weighted by molar-refractivity contribution is 0.477. The maximum absolute atomic E-state index is 6.29. The van der Waals surface area contributed by atoms with Gasteiger partial charge in [-0.3, -0.25) is 0 Å². The third-order valence-corrected chi connectivity index (χ3v) is 11.9. The summed E-state index contributed by atoms with van der Waals surface area (Å²) in [5, 5.41) is 0. The van der Waals surface area contributed by atoms with E-state index >= 15 is 0 Å². The summed E-state index contributed by atoms with van der Waals surface area (Å²) in [6, 6.07) is 71.1. The Balaban J connectivity index is 1.05. The normalized spacial score (nSPS) is 13.5. The molecule has 2 aliphatic carbocycles. The average molecular weight is 728 g/mol. The molecule has 0 N–H and O–H groups in total. The SMILES string of the molecule is c1ccc(-c2nc(-c3ccc(N4c5ccccc5Oc5ccccc54)cc3)cc(-c3cccc4c3-c3ccccc3C43c4ccccc4-c4ccccc43)n2)cc1. The number of aromatic nitrogens is 2. The first-order chi connectivity index (χ1) is 28.3. The second-order valence-electron chi connectivity index (χ2n) is 14.9. The lowest BCUT2D eigenvalue weighted by Crippen LogP contribution is -2.25. The van der Waals surface area contributed by atoms with Gasteiger partial charge in [0, 0.05) is 22.4 Å². The number of benzene rings is 8. The van der Waals surface area contributed by atoms with Gasteiger partial charge in [-0.05, 0) is 87.0 Å². The monoisotopic (exact) mass is 727 g/mol. The van der Waals surface area contributed by atoms with E-state index in [1.165, 1.54) is 44.5 Å². The number of nitrogens with zero attached hydrogens (tertiary/aromatic N) is 3. The van der Waals surface area contributed by atoms with Crippen LogP contribution in [0.25, 0.3) is 56.2 Å².